The van der Waals surface area contributed by atoms with Gasteiger partial charge < -0.3 is 9.64 Å². The topological polar surface area (TPSA) is 46.6 Å². The van der Waals surface area contributed by atoms with Crippen LogP contribution in [0.3, 0.4) is 0 Å². The summed E-state index contributed by atoms with van der Waals surface area (Å²) in [5, 5.41) is 1.29. The number of hydrogen-bond donors (Lipinski definition) is 0. The summed E-state index contributed by atoms with van der Waals surface area (Å²) in [5.41, 5.74) is 1.02. The van der Waals surface area contributed by atoms with Crippen LogP contribution in [0.5, 0.6) is 5.75 Å². The largest absolute Gasteiger partial charge is 0.494 e. The van der Waals surface area contributed by atoms with Gasteiger partial charge in [0.25, 0.3) is 0 Å². The number of halogens is 2. The van der Waals surface area contributed by atoms with Gasteiger partial charge in [-0.2, -0.15) is 0 Å². The molecule has 0 unspecified atom stereocenters. The van der Waals surface area contributed by atoms with Crippen molar-refractivity contribution in [2.45, 2.75) is 17.9 Å². The number of sulfone groups is 1. The van der Waals surface area contributed by atoms with Crippen LogP contribution >= 0.6 is 23.2 Å². The van der Waals surface area contributed by atoms with Crippen LogP contribution in [-0.4, -0.2) is 39.8 Å². The highest BCUT2D eigenvalue weighted by molar-refractivity contribution is 7.90. The van der Waals surface area contributed by atoms with E-state index in [4.69, 9.17) is 27.9 Å². The second-order valence-electron chi connectivity index (χ2n) is 5.92. The molecule has 0 aliphatic rings. The van der Waals surface area contributed by atoms with Gasteiger partial charge in [-0.1, -0.05) is 35.3 Å². The Bertz CT molecular complexity index is 825. The van der Waals surface area contributed by atoms with Crippen molar-refractivity contribution < 1.29 is 13.2 Å². The predicted octanol–water partition coefficient (Wildman–Crippen LogP) is 4.30. The zero-order chi connectivity index (χ0) is 18.4. The second kappa shape index (κ2) is 8.90. The molecular formula is C18H21Cl2NO3S. The van der Waals surface area contributed by atoms with Crippen molar-refractivity contribution in [3.8, 4) is 5.75 Å². The molecule has 0 fully saturated rings. The standard InChI is InChI=1S/C18H21Cl2NO3S/c1-21(13-14-7-8-15(19)11-18(14)20)9-4-10-24-16-5-3-6-17(12-16)25(2,22)23/h3,5-8,11-12H,4,9-10,13H2,1-2H3. The molecule has 25 heavy (non-hydrogen) atoms. The van der Waals surface area contributed by atoms with E-state index < -0.39 is 9.84 Å². The Balaban J connectivity index is 1.79. The van der Waals surface area contributed by atoms with Crippen LogP contribution in [0.15, 0.2) is 47.4 Å². The fourth-order valence-corrected chi connectivity index (χ4v) is 3.46. The van der Waals surface area contributed by atoms with Crippen molar-refractivity contribution in [2.24, 2.45) is 0 Å². The van der Waals surface area contributed by atoms with Crippen molar-refractivity contribution in [1.82, 2.24) is 4.90 Å². The van der Waals surface area contributed by atoms with Crippen molar-refractivity contribution in [3.63, 3.8) is 0 Å². The lowest BCUT2D eigenvalue weighted by atomic mass is 10.2. The molecule has 0 aliphatic heterocycles. The minimum atomic E-state index is -3.22. The van der Waals surface area contributed by atoms with E-state index in [9.17, 15) is 8.42 Å². The van der Waals surface area contributed by atoms with Crippen LogP contribution in [0.25, 0.3) is 0 Å². The Hall–Kier alpha value is -1.27. The Morgan fingerprint density at radius 1 is 1.12 bits per heavy atom. The molecule has 2 aromatic carbocycles. The molecule has 0 aliphatic carbocycles. The maximum atomic E-state index is 11.5. The summed E-state index contributed by atoms with van der Waals surface area (Å²) >= 11 is 12.1. The summed E-state index contributed by atoms with van der Waals surface area (Å²) in [7, 11) is -1.21. The quantitative estimate of drug-likeness (QED) is 0.618. The summed E-state index contributed by atoms with van der Waals surface area (Å²) in [6.07, 6.45) is 1.99. The molecule has 136 valence electrons. The normalized spacial score (nSPS) is 11.7. The van der Waals surface area contributed by atoms with E-state index >= 15 is 0 Å². The molecule has 0 amide bonds. The van der Waals surface area contributed by atoms with Gasteiger partial charge in [-0.05, 0) is 49.4 Å². The SMILES string of the molecule is CN(CCCOc1cccc(S(C)(=O)=O)c1)Cc1ccc(Cl)cc1Cl. The highest BCUT2D eigenvalue weighted by atomic mass is 35.5. The lowest BCUT2D eigenvalue weighted by molar-refractivity contribution is 0.258. The summed E-state index contributed by atoms with van der Waals surface area (Å²) in [5.74, 6) is 0.561. The van der Waals surface area contributed by atoms with Crippen molar-refractivity contribution in [1.29, 1.82) is 0 Å². The average Bonchev–Trinajstić information content (AvgIpc) is 2.54. The summed E-state index contributed by atoms with van der Waals surface area (Å²) in [6, 6.07) is 12.0. The van der Waals surface area contributed by atoms with Gasteiger partial charge in [-0.25, -0.2) is 8.42 Å². The fourth-order valence-electron chi connectivity index (χ4n) is 2.34. The molecule has 7 heteroatoms. The smallest absolute Gasteiger partial charge is 0.175 e. The molecule has 0 radical (unpaired) electrons. The van der Waals surface area contributed by atoms with Crippen molar-refractivity contribution >= 4 is 33.0 Å². The molecular weight excluding hydrogens is 381 g/mol. The van der Waals surface area contributed by atoms with E-state index in [0.717, 1.165) is 25.1 Å². The minimum absolute atomic E-state index is 0.263. The van der Waals surface area contributed by atoms with Crippen LogP contribution in [-0.2, 0) is 16.4 Å². The lowest BCUT2D eigenvalue weighted by Crippen LogP contribution is -2.21. The summed E-state index contributed by atoms with van der Waals surface area (Å²) in [6.45, 7) is 2.05. The Morgan fingerprint density at radius 2 is 1.88 bits per heavy atom. The maximum absolute atomic E-state index is 11.5. The Kier molecular flexibility index (Phi) is 7.14. The van der Waals surface area contributed by atoms with E-state index in [1.807, 2.05) is 19.2 Å². The van der Waals surface area contributed by atoms with Gasteiger partial charge >= 0.3 is 0 Å². The molecule has 0 saturated carbocycles. The molecule has 2 aromatic rings. The Morgan fingerprint density at radius 3 is 2.56 bits per heavy atom. The van der Waals surface area contributed by atoms with E-state index in [1.165, 1.54) is 6.26 Å². The molecule has 0 bridgehead atoms. The first-order valence-electron chi connectivity index (χ1n) is 7.81. The van der Waals surface area contributed by atoms with Gasteiger partial charge in [0.15, 0.2) is 9.84 Å². The van der Waals surface area contributed by atoms with Crippen LogP contribution in [0.2, 0.25) is 10.0 Å². The number of rotatable bonds is 8. The van der Waals surface area contributed by atoms with Gasteiger partial charge in [-0.15, -0.1) is 0 Å². The van der Waals surface area contributed by atoms with Crippen LogP contribution in [0, 0.1) is 0 Å². The Labute approximate surface area is 159 Å². The van der Waals surface area contributed by atoms with Gasteiger partial charge in [0.1, 0.15) is 5.75 Å². The van der Waals surface area contributed by atoms with Gasteiger partial charge in [0, 0.05) is 29.4 Å². The maximum Gasteiger partial charge on any atom is 0.175 e. The first-order chi connectivity index (χ1) is 11.8. The molecule has 0 N–H and O–H groups in total. The number of nitrogens with zero attached hydrogens (tertiary/aromatic N) is 1. The first kappa shape index (κ1) is 20.0. The number of ether oxygens (including phenoxy) is 1. The predicted molar refractivity (Wildman–Crippen MR) is 102 cm³/mol. The molecule has 0 spiro atoms. The second-order valence-corrected chi connectivity index (χ2v) is 8.78. The zero-order valence-corrected chi connectivity index (χ0v) is 16.5. The average molecular weight is 402 g/mol. The molecule has 0 heterocycles. The van der Waals surface area contributed by atoms with E-state index in [-0.39, 0.29) is 4.90 Å². The number of benzene rings is 2. The fraction of sp³-hybridized carbons (Fsp3) is 0.333. The van der Waals surface area contributed by atoms with Gasteiger partial charge in [0.2, 0.25) is 0 Å². The summed E-state index contributed by atoms with van der Waals surface area (Å²) < 4.78 is 28.7. The highest BCUT2D eigenvalue weighted by Gasteiger charge is 2.08. The molecule has 0 saturated heterocycles. The van der Waals surface area contributed by atoms with Crippen molar-refractivity contribution in [2.75, 3.05) is 26.5 Å². The monoisotopic (exact) mass is 401 g/mol. The van der Waals surface area contributed by atoms with Crippen LogP contribution in [0.1, 0.15) is 12.0 Å². The lowest BCUT2D eigenvalue weighted by Gasteiger charge is -2.17. The third kappa shape index (κ3) is 6.51. The molecule has 4 nitrogen and oxygen atoms in total. The summed E-state index contributed by atoms with van der Waals surface area (Å²) in [4.78, 5) is 2.41. The van der Waals surface area contributed by atoms with E-state index in [2.05, 4.69) is 4.90 Å². The molecule has 2 rings (SSSR count). The van der Waals surface area contributed by atoms with Gasteiger partial charge in [0.05, 0.1) is 11.5 Å². The molecule has 0 aromatic heterocycles. The van der Waals surface area contributed by atoms with Crippen LogP contribution in [0.4, 0.5) is 0 Å². The minimum Gasteiger partial charge on any atom is -0.494 e. The van der Waals surface area contributed by atoms with E-state index in [1.54, 1.807) is 30.3 Å². The van der Waals surface area contributed by atoms with Crippen molar-refractivity contribution in [3.05, 3.63) is 58.1 Å². The van der Waals surface area contributed by atoms with Crippen LogP contribution < -0.4 is 4.74 Å². The van der Waals surface area contributed by atoms with E-state index in [0.29, 0.717) is 22.4 Å². The third-order valence-electron chi connectivity index (χ3n) is 3.64. The zero-order valence-electron chi connectivity index (χ0n) is 14.2. The highest BCUT2D eigenvalue weighted by Crippen LogP contribution is 2.22. The number of hydrogen-bond acceptors (Lipinski definition) is 4. The molecule has 0 atom stereocenters. The van der Waals surface area contributed by atoms with Gasteiger partial charge in [-0.3, -0.25) is 0 Å². The first-order valence-corrected chi connectivity index (χ1v) is 10.5. The third-order valence-corrected chi connectivity index (χ3v) is 5.34.